The number of hydrogen-bond acceptors (Lipinski definition) is 7. The molecule has 1 amide bonds. The lowest BCUT2D eigenvalue weighted by molar-refractivity contribution is 0.0730. The lowest BCUT2D eigenvalue weighted by Gasteiger charge is -2.27. The second kappa shape index (κ2) is 8.97. The normalized spacial score (nSPS) is 17.8. The Balaban J connectivity index is 1.70. The molecule has 0 spiro atoms. The Hall–Kier alpha value is -2.43. The number of nitrogens with zero attached hydrogens (tertiary/aromatic N) is 3. The molecule has 168 valence electrons. The average molecular weight is 449 g/mol. The molecule has 1 aromatic heterocycles. The molecule has 1 N–H and O–H groups in total. The van der Waals surface area contributed by atoms with Crippen LogP contribution in [0.4, 0.5) is 11.4 Å². The van der Waals surface area contributed by atoms with Crippen LogP contribution in [0.15, 0.2) is 27.6 Å². The summed E-state index contributed by atoms with van der Waals surface area (Å²) < 4.78 is 38.2. The second-order valence-corrected chi connectivity index (χ2v) is 9.70. The topological polar surface area (TPSA) is 105 Å². The number of aromatic nitrogens is 1. The van der Waals surface area contributed by atoms with Gasteiger partial charge in [0.1, 0.15) is 11.3 Å². The highest BCUT2D eigenvalue weighted by atomic mass is 32.2. The summed E-state index contributed by atoms with van der Waals surface area (Å²) in [6, 6.07) is 4.97. The molecule has 0 saturated carbocycles. The first kappa shape index (κ1) is 21.8. The van der Waals surface area contributed by atoms with E-state index in [-0.39, 0.29) is 10.8 Å². The Morgan fingerprint density at radius 2 is 1.87 bits per heavy atom. The third-order valence-corrected chi connectivity index (χ3v) is 7.66. The molecular formula is C21H28N4O5S. The van der Waals surface area contributed by atoms with Gasteiger partial charge in [-0.05, 0) is 44.4 Å². The molecule has 0 bridgehead atoms. The minimum atomic E-state index is -3.68. The average Bonchev–Trinajstić information content (AvgIpc) is 3.44. The maximum atomic E-state index is 13.2. The lowest BCUT2D eigenvalue weighted by atomic mass is 10.1. The van der Waals surface area contributed by atoms with E-state index < -0.39 is 10.0 Å². The van der Waals surface area contributed by atoms with Crippen LogP contribution in [-0.4, -0.2) is 63.2 Å². The smallest absolute Gasteiger partial charge is 0.261 e. The minimum Gasteiger partial charge on any atom is -0.379 e. The highest BCUT2D eigenvalue weighted by molar-refractivity contribution is 7.89. The second-order valence-electron chi connectivity index (χ2n) is 7.76. The molecule has 1 aromatic carbocycles. The first-order chi connectivity index (χ1) is 14.9. The molecule has 2 aromatic rings. The fourth-order valence-corrected chi connectivity index (χ4v) is 5.52. The van der Waals surface area contributed by atoms with Crippen LogP contribution in [-0.2, 0) is 21.2 Å². The summed E-state index contributed by atoms with van der Waals surface area (Å²) in [5, 5.41) is 6.89. The maximum Gasteiger partial charge on any atom is 0.261 e. The number of carbonyl (C=O) groups excluding carboxylic acids is 1. The van der Waals surface area contributed by atoms with Crippen LogP contribution in [0.25, 0.3) is 0 Å². The first-order valence-electron chi connectivity index (χ1n) is 10.6. The Kier molecular flexibility index (Phi) is 6.31. The molecule has 0 aliphatic carbocycles. The number of rotatable bonds is 6. The molecule has 2 saturated heterocycles. The Labute approximate surface area is 182 Å². The SMILES string of the molecule is CCc1noc(C)c1C(=O)Nc1cc(S(=O)(=O)N2CCOCC2)ccc1N1CCCC1. The molecule has 0 unspecified atom stereocenters. The van der Waals surface area contributed by atoms with Crippen molar-refractivity contribution in [3.05, 3.63) is 35.2 Å². The summed E-state index contributed by atoms with van der Waals surface area (Å²) in [7, 11) is -3.68. The Bertz CT molecular complexity index is 1050. The number of ether oxygens (including phenoxy) is 1. The first-order valence-corrected chi connectivity index (χ1v) is 12.1. The number of amides is 1. The van der Waals surface area contributed by atoms with E-state index in [0.717, 1.165) is 31.6 Å². The van der Waals surface area contributed by atoms with Crippen molar-refractivity contribution in [3.8, 4) is 0 Å². The number of hydrogen-bond donors (Lipinski definition) is 1. The number of carbonyl (C=O) groups is 1. The standard InChI is InChI=1S/C21H28N4O5S/c1-3-17-20(15(2)30-23-17)21(26)22-18-14-16(6-7-19(18)24-8-4-5-9-24)31(27,28)25-10-12-29-13-11-25/h6-7,14H,3-5,8-13H2,1-2H3,(H,22,26). The van der Waals surface area contributed by atoms with E-state index in [4.69, 9.17) is 9.26 Å². The number of benzene rings is 1. The fraction of sp³-hybridized carbons (Fsp3) is 0.524. The maximum absolute atomic E-state index is 13.2. The van der Waals surface area contributed by atoms with Crippen LogP contribution < -0.4 is 10.2 Å². The van der Waals surface area contributed by atoms with Crippen LogP contribution in [0, 0.1) is 6.92 Å². The van der Waals surface area contributed by atoms with E-state index in [1.807, 2.05) is 6.92 Å². The van der Waals surface area contributed by atoms with Gasteiger partial charge in [-0.3, -0.25) is 4.79 Å². The van der Waals surface area contributed by atoms with Gasteiger partial charge in [0.05, 0.1) is 35.2 Å². The van der Waals surface area contributed by atoms with Crippen molar-refractivity contribution in [1.29, 1.82) is 0 Å². The van der Waals surface area contributed by atoms with Crippen LogP contribution in [0.3, 0.4) is 0 Å². The van der Waals surface area contributed by atoms with E-state index in [2.05, 4.69) is 15.4 Å². The summed E-state index contributed by atoms with van der Waals surface area (Å²) >= 11 is 0. The van der Waals surface area contributed by atoms with Gasteiger partial charge in [-0.15, -0.1) is 0 Å². The number of anilines is 2. The Morgan fingerprint density at radius 1 is 1.16 bits per heavy atom. The van der Waals surface area contributed by atoms with Crippen LogP contribution >= 0.6 is 0 Å². The number of morpholine rings is 1. The van der Waals surface area contributed by atoms with Gasteiger partial charge in [0, 0.05) is 26.2 Å². The van der Waals surface area contributed by atoms with Gasteiger partial charge in [-0.1, -0.05) is 12.1 Å². The highest BCUT2D eigenvalue weighted by Gasteiger charge is 2.29. The molecule has 2 aliphatic rings. The molecule has 10 heteroatoms. The third-order valence-electron chi connectivity index (χ3n) is 5.77. The minimum absolute atomic E-state index is 0.158. The van der Waals surface area contributed by atoms with E-state index >= 15 is 0 Å². The fourth-order valence-electron chi connectivity index (χ4n) is 4.08. The van der Waals surface area contributed by atoms with Gasteiger partial charge in [0.15, 0.2) is 0 Å². The lowest BCUT2D eigenvalue weighted by Crippen LogP contribution is -2.40. The quantitative estimate of drug-likeness (QED) is 0.723. The van der Waals surface area contributed by atoms with Gasteiger partial charge in [0.25, 0.3) is 5.91 Å². The monoisotopic (exact) mass is 448 g/mol. The van der Waals surface area contributed by atoms with Gasteiger partial charge in [-0.2, -0.15) is 4.31 Å². The third kappa shape index (κ3) is 4.32. The summed E-state index contributed by atoms with van der Waals surface area (Å²) in [4.78, 5) is 15.4. The molecule has 31 heavy (non-hydrogen) atoms. The molecule has 9 nitrogen and oxygen atoms in total. The summed E-state index contributed by atoms with van der Waals surface area (Å²) in [5.41, 5.74) is 2.27. The zero-order valence-electron chi connectivity index (χ0n) is 17.9. The van der Waals surface area contributed by atoms with Gasteiger partial charge >= 0.3 is 0 Å². The van der Waals surface area contributed by atoms with Crippen LogP contribution in [0.5, 0.6) is 0 Å². The largest absolute Gasteiger partial charge is 0.379 e. The van der Waals surface area contributed by atoms with Crippen molar-refractivity contribution < 1.29 is 22.5 Å². The van der Waals surface area contributed by atoms with Crippen molar-refractivity contribution in [2.24, 2.45) is 0 Å². The summed E-state index contributed by atoms with van der Waals surface area (Å²) in [5.74, 6) is 0.0890. The molecule has 4 rings (SSSR count). The van der Waals surface area contributed by atoms with E-state index in [9.17, 15) is 13.2 Å². The van der Waals surface area contributed by atoms with E-state index in [1.165, 1.54) is 4.31 Å². The predicted octanol–water partition coefficient (Wildman–Crippen LogP) is 2.42. The van der Waals surface area contributed by atoms with Crippen molar-refractivity contribution in [3.63, 3.8) is 0 Å². The zero-order valence-corrected chi connectivity index (χ0v) is 18.7. The molecule has 2 aliphatic heterocycles. The van der Waals surface area contributed by atoms with Crippen molar-refractivity contribution in [2.75, 3.05) is 49.6 Å². The highest BCUT2D eigenvalue weighted by Crippen LogP contribution is 2.33. The number of sulfonamides is 1. The summed E-state index contributed by atoms with van der Waals surface area (Å²) in [6.45, 7) is 6.72. The molecule has 2 fully saturated rings. The molecule has 0 atom stereocenters. The molecule has 3 heterocycles. The van der Waals surface area contributed by atoms with E-state index in [0.29, 0.717) is 55.4 Å². The van der Waals surface area contributed by atoms with Gasteiger partial charge in [-0.25, -0.2) is 8.42 Å². The van der Waals surface area contributed by atoms with Gasteiger partial charge < -0.3 is 19.5 Å². The Morgan fingerprint density at radius 3 is 2.55 bits per heavy atom. The molecule has 0 radical (unpaired) electrons. The summed E-state index contributed by atoms with van der Waals surface area (Å²) in [6.07, 6.45) is 2.68. The van der Waals surface area contributed by atoms with Crippen LogP contribution in [0.1, 0.15) is 41.6 Å². The van der Waals surface area contributed by atoms with E-state index in [1.54, 1.807) is 25.1 Å². The number of aryl methyl sites for hydroxylation is 2. The molecular weight excluding hydrogens is 420 g/mol. The predicted molar refractivity (Wildman–Crippen MR) is 116 cm³/mol. The van der Waals surface area contributed by atoms with Crippen LogP contribution in [0.2, 0.25) is 0 Å². The number of nitrogens with one attached hydrogen (secondary N) is 1. The van der Waals surface area contributed by atoms with Crippen molar-refractivity contribution >= 4 is 27.3 Å². The zero-order chi connectivity index (χ0) is 22.0. The van der Waals surface area contributed by atoms with Gasteiger partial charge in [0.2, 0.25) is 10.0 Å². The van der Waals surface area contributed by atoms with Crippen molar-refractivity contribution in [2.45, 2.75) is 38.0 Å². The van der Waals surface area contributed by atoms with Crippen molar-refractivity contribution in [1.82, 2.24) is 9.46 Å².